The maximum absolute atomic E-state index is 5.49. The molecule has 0 bridgehead atoms. The lowest BCUT2D eigenvalue weighted by atomic mass is 10.2. The molecule has 3 nitrogen and oxygen atoms in total. The van der Waals surface area contributed by atoms with Gasteiger partial charge in [0.25, 0.3) is 0 Å². The van der Waals surface area contributed by atoms with Gasteiger partial charge in [-0.2, -0.15) is 0 Å². The van der Waals surface area contributed by atoms with E-state index in [1.54, 1.807) is 7.11 Å². The van der Waals surface area contributed by atoms with E-state index in [0.717, 1.165) is 25.3 Å². The normalized spacial score (nSPS) is 10.9. The quantitative estimate of drug-likeness (QED) is 0.716. The molecule has 0 aliphatic rings. The van der Waals surface area contributed by atoms with Gasteiger partial charge in [0.2, 0.25) is 0 Å². The summed E-state index contributed by atoms with van der Waals surface area (Å²) >= 11 is 0. The van der Waals surface area contributed by atoms with Crippen LogP contribution in [0, 0.1) is 0 Å². The van der Waals surface area contributed by atoms with Crippen LogP contribution in [-0.4, -0.2) is 24.9 Å². The maximum Gasteiger partial charge on any atom is 0.120 e. The summed E-state index contributed by atoms with van der Waals surface area (Å²) in [6.07, 6.45) is 3.16. The van der Waals surface area contributed by atoms with Gasteiger partial charge in [-0.1, -0.05) is 0 Å². The zero-order valence-electron chi connectivity index (χ0n) is 10.5. The fourth-order valence-corrected chi connectivity index (χ4v) is 2.01. The van der Waals surface area contributed by atoms with Crippen LogP contribution in [0.25, 0.3) is 10.9 Å². The molecule has 92 valence electrons. The number of nitrogens with zero attached hydrogens (tertiary/aromatic N) is 1. The number of fused-ring (bicyclic) bond motifs is 1. The predicted molar refractivity (Wildman–Crippen MR) is 69.6 cm³/mol. The number of aromatic nitrogens is 1. The van der Waals surface area contributed by atoms with Crippen molar-refractivity contribution in [3.63, 3.8) is 0 Å². The highest BCUT2D eigenvalue weighted by atomic mass is 16.5. The number of hydrogen-bond acceptors (Lipinski definition) is 2. The highest BCUT2D eigenvalue weighted by molar-refractivity contribution is 5.81. The van der Waals surface area contributed by atoms with Crippen LogP contribution in [0.3, 0.4) is 0 Å². The zero-order chi connectivity index (χ0) is 12.1. The first-order chi connectivity index (χ1) is 8.35. The SMILES string of the molecule is CCOc1ccc2c(ccn2CCCOC)c1. The summed E-state index contributed by atoms with van der Waals surface area (Å²) in [6, 6.07) is 8.36. The fraction of sp³-hybridized carbons (Fsp3) is 0.429. The molecule has 0 fully saturated rings. The molecular formula is C14H19NO2. The summed E-state index contributed by atoms with van der Waals surface area (Å²) in [4.78, 5) is 0. The molecule has 0 aliphatic heterocycles. The Bertz CT molecular complexity index is 476. The fourth-order valence-electron chi connectivity index (χ4n) is 2.01. The predicted octanol–water partition coefficient (Wildman–Crippen LogP) is 3.08. The van der Waals surface area contributed by atoms with E-state index in [1.165, 1.54) is 10.9 Å². The molecule has 0 aliphatic carbocycles. The summed E-state index contributed by atoms with van der Waals surface area (Å²) in [7, 11) is 1.74. The molecule has 3 heteroatoms. The number of rotatable bonds is 6. The highest BCUT2D eigenvalue weighted by Crippen LogP contribution is 2.22. The van der Waals surface area contributed by atoms with Gasteiger partial charge in [0.15, 0.2) is 0 Å². The van der Waals surface area contributed by atoms with Gasteiger partial charge in [-0.3, -0.25) is 0 Å². The minimum atomic E-state index is 0.708. The van der Waals surface area contributed by atoms with Gasteiger partial charge >= 0.3 is 0 Å². The smallest absolute Gasteiger partial charge is 0.120 e. The van der Waals surface area contributed by atoms with Crippen molar-refractivity contribution in [2.24, 2.45) is 0 Å². The van der Waals surface area contributed by atoms with Crippen molar-refractivity contribution in [3.8, 4) is 5.75 Å². The van der Waals surface area contributed by atoms with E-state index < -0.39 is 0 Å². The zero-order valence-corrected chi connectivity index (χ0v) is 10.5. The molecule has 0 spiro atoms. The highest BCUT2D eigenvalue weighted by Gasteiger charge is 2.02. The second-order valence-corrected chi connectivity index (χ2v) is 4.01. The Morgan fingerprint density at radius 1 is 1.24 bits per heavy atom. The Balaban J connectivity index is 2.16. The van der Waals surface area contributed by atoms with Gasteiger partial charge in [0.1, 0.15) is 5.75 Å². The third-order valence-electron chi connectivity index (χ3n) is 2.80. The van der Waals surface area contributed by atoms with E-state index in [9.17, 15) is 0 Å². The first-order valence-electron chi connectivity index (χ1n) is 6.05. The van der Waals surface area contributed by atoms with Crippen molar-refractivity contribution in [3.05, 3.63) is 30.5 Å². The molecule has 0 radical (unpaired) electrons. The monoisotopic (exact) mass is 233 g/mol. The number of benzene rings is 1. The molecule has 17 heavy (non-hydrogen) atoms. The number of hydrogen-bond donors (Lipinski definition) is 0. The van der Waals surface area contributed by atoms with Gasteiger partial charge in [-0.15, -0.1) is 0 Å². The second kappa shape index (κ2) is 5.73. The molecule has 1 aromatic heterocycles. The molecule has 0 amide bonds. The molecule has 1 aromatic carbocycles. The number of aryl methyl sites for hydroxylation is 1. The Hall–Kier alpha value is -1.48. The van der Waals surface area contributed by atoms with Gasteiger partial charge in [-0.05, 0) is 37.6 Å². The third-order valence-corrected chi connectivity index (χ3v) is 2.80. The van der Waals surface area contributed by atoms with Crippen LogP contribution < -0.4 is 4.74 Å². The maximum atomic E-state index is 5.49. The summed E-state index contributed by atoms with van der Waals surface area (Å²) in [6.45, 7) is 4.50. The lowest BCUT2D eigenvalue weighted by molar-refractivity contribution is 0.190. The summed E-state index contributed by atoms with van der Waals surface area (Å²) in [5.74, 6) is 0.939. The van der Waals surface area contributed by atoms with Crippen molar-refractivity contribution in [2.45, 2.75) is 19.9 Å². The van der Waals surface area contributed by atoms with Crippen LogP contribution in [0.2, 0.25) is 0 Å². The van der Waals surface area contributed by atoms with Crippen molar-refractivity contribution in [2.75, 3.05) is 20.3 Å². The van der Waals surface area contributed by atoms with Crippen LogP contribution in [0.1, 0.15) is 13.3 Å². The Morgan fingerprint density at radius 2 is 2.12 bits per heavy atom. The Labute approximate surface area is 102 Å². The molecule has 0 atom stereocenters. The average Bonchev–Trinajstić information content (AvgIpc) is 2.73. The van der Waals surface area contributed by atoms with Crippen LogP contribution in [-0.2, 0) is 11.3 Å². The van der Waals surface area contributed by atoms with Crippen LogP contribution in [0.15, 0.2) is 30.5 Å². The molecule has 2 aromatic rings. The molecule has 0 saturated heterocycles. The van der Waals surface area contributed by atoms with Crippen LogP contribution >= 0.6 is 0 Å². The molecule has 0 N–H and O–H groups in total. The topological polar surface area (TPSA) is 23.4 Å². The minimum absolute atomic E-state index is 0.708. The number of ether oxygens (including phenoxy) is 2. The van der Waals surface area contributed by atoms with E-state index >= 15 is 0 Å². The van der Waals surface area contributed by atoms with Gasteiger partial charge < -0.3 is 14.0 Å². The van der Waals surface area contributed by atoms with Crippen molar-refractivity contribution < 1.29 is 9.47 Å². The Kier molecular flexibility index (Phi) is 4.04. The molecule has 1 heterocycles. The average molecular weight is 233 g/mol. The van der Waals surface area contributed by atoms with E-state index in [0.29, 0.717) is 6.61 Å². The van der Waals surface area contributed by atoms with E-state index in [1.807, 2.05) is 13.0 Å². The first-order valence-corrected chi connectivity index (χ1v) is 6.05. The molecular weight excluding hydrogens is 214 g/mol. The minimum Gasteiger partial charge on any atom is -0.494 e. The summed E-state index contributed by atoms with van der Waals surface area (Å²) < 4.78 is 12.8. The van der Waals surface area contributed by atoms with Gasteiger partial charge in [0, 0.05) is 37.4 Å². The number of methoxy groups -OCH3 is 1. The molecule has 0 saturated carbocycles. The van der Waals surface area contributed by atoms with Gasteiger partial charge in [0.05, 0.1) is 6.61 Å². The van der Waals surface area contributed by atoms with E-state index in [-0.39, 0.29) is 0 Å². The van der Waals surface area contributed by atoms with Crippen LogP contribution in [0.4, 0.5) is 0 Å². The first kappa shape index (κ1) is 12.0. The molecule has 0 unspecified atom stereocenters. The van der Waals surface area contributed by atoms with Crippen molar-refractivity contribution in [1.29, 1.82) is 0 Å². The van der Waals surface area contributed by atoms with Crippen molar-refractivity contribution >= 4 is 10.9 Å². The lowest BCUT2D eigenvalue weighted by Crippen LogP contribution is -1.99. The Morgan fingerprint density at radius 3 is 2.88 bits per heavy atom. The van der Waals surface area contributed by atoms with Gasteiger partial charge in [-0.25, -0.2) is 0 Å². The summed E-state index contributed by atoms with van der Waals surface area (Å²) in [5.41, 5.74) is 1.25. The summed E-state index contributed by atoms with van der Waals surface area (Å²) in [5, 5.41) is 1.23. The van der Waals surface area contributed by atoms with Crippen LogP contribution in [0.5, 0.6) is 5.75 Å². The van der Waals surface area contributed by atoms with E-state index in [2.05, 4.69) is 29.0 Å². The largest absolute Gasteiger partial charge is 0.494 e. The molecule has 2 rings (SSSR count). The lowest BCUT2D eigenvalue weighted by Gasteiger charge is -2.06. The second-order valence-electron chi connectivity index (χ2n) is 4.01. The van der Waals surface area contributed by atoms with E-state index in [4.69, 9.17) is 9.47 Å². The third kappa shape index (κ3) is 2.80. The standard InChI is InChI=1S/C14H19NO2/c1-3-17-13-5-6-14-12(11-13)7-9-15(14)8-4-10-16-2/h5-7,9,11H,3-4,8,10H2,1-2H3. The van der Waals surface area contributed by atoms with Crippen molar-refractivity contribution in [1.82, 2.24) is 4.57 Å².